The minimum Gasteiger partial charge on any atom is -0.507 e. The minimum absolute atomic E-state index is 0.106. The molecule has 3 aromatic rings. The van der Waals surface area contributed by atoms with Gasteiger partial charge in [-0.3, -0.25) is 4.79 Å². The van der Waals surface area contributed by atoms with Crippen LogP contribution in [-0.4, -0.2) is 27.9 Å². The van der Waals surface area contributed by atoms with Gasteiger partial charge in [-0.1, -0.05) is 6.07 Å². The molecule has 0 aliphatic carbocycles. The van der Waals surface area contributed by atoms with Crippen LogP contribution >= 0.6 is 0 Å². The number of methoxy groups -OCH3 is 1. The number of benzene rings is 2. The summed E-state index contributed by atoms with van der Waals surface area (Å²) >= 11 is 0. The molecule has 0 aliphatic heterocycles. The van der Waals surface area contributed by atoms with Crippen molar-refractivity contribution >= 4 is 16.9 Å². The van der Waals surface area contributed by atoms with E-state index in [-0.39, 0.29) is 28.7 Å². The summed E-state index contributed by atoms with van der Waals surface area (Å²) in [6.07, 6.45) is 1.61. The molecule has 7 heteroatoms. The first-order chi connectivity index (χ1) is 12.4. The topological polar surface area (TPSA) is 98.0 Å². The number of phenols is 1. The average molecular weight is 355 g/mol. The normalized spacial score (nSPS) is 10.7. The van der Waals surface area contributed by atoms with E-state index in [0.717, 1.165) is 0 Å². The van der Waals surface area contributed by atoms with Crippen LogP contribution in [0.3, 0.4) is 0 Å². The zero-order chi connectivity index (χ0) is 18.8. The van der Waals surface area contributed by atoms with Gasteiger partial charge in [0, 0.05) is 37.0 Å². The Hall–Kier alpha value is -3.48. The van der Waals surface area contributed by atoms with Crippen molar-refractivity contribution in [1.29, 1.82) is 0 Å². The minimum atomic E-state index is -1.05. The summed E-state index contributed by atoms with van der Waals surface area (Å²) in [4.78, 5) is 23.0. The lowest BCUT2D eigenvalue weighted by Gasteiger charge is -2.13. The number of aromatic carboxylic acids is 1. The van der Waals surface area contributed by atoms with Gasteiger partial charge in [-0.25, -0.2) is 4.79 Å². The summed E-state index contributed by atoms with van der Waals surface area (Å²) in [6.45, 7) is 0.106. The maximum Gasteiger partial charge on any atom is 0.335 e. The van der Waals surface area contributed by atoms with Crippen molar-refractivity contribution in [3.8, 4) is 17.2 Å². The molecule has 0 saturated heterocycles. The number of aromatic nitrogens is 1. The van der Waals surface area contributed by atoms with Gasteiger partial charge in [0.15, 0.2) is 5.43 Å². The maximum absolute atomic E-state index is 11.9. The lowest BCUT2D eigenvalue weighted by molar-refractivity contribution is 0.0696. The van der Waals surface area contributed by atoms with Gasteiger partial charge in [0.25, 0.3) is 0 Å². The van der Waals surface area contributed by atoms with Crippen LogP contribution in [0.4, 0.5) is 0 Å². The number of aromatic hydroxyl groups is 1. The maximum atomic E-state index is 11.9. The molecule has 0 saturated carbocycles. The highest BCUT2D eigenvalue weighted by molar-refractivity contribution is 5.88. The summed E-state index contributed by atoms with van der Waals surface area (Å²) < 4.78 is 12.6. The predicted molar refractivity (Wildman–Crippen MR) is 95.1 cm³/mol. The first kappa shape index (κ1) is 17.3. The largest absolute Gasteiger partial charge is 0.507 e. The van der Waals surface area contributed by atoms with Gasteiger partial charge in [0.1, 0.15) is 23.9 Å². The fraction of sp³-hybridized carbons (Fsp3) is 0.158. The van der Waals surface area contributed by atoms with E-state index >= 15 is 0 Å². The lowest BCUT2D eigenvalue weighted by atomic mass is 10.1. The van der Waals surface area contributed by atoms with E-state index in [1.807, 2.05) is 0 Å². The Kier molecular flexibility index (Phi) is 4.53. The molecule has 2 aromatic carbocycles. The molecule has 3 rings (SSSR count). The number of pyridine rings is 1. The van der Waals surface area contributed by atoms with Crippen LogP contribution in [0.2, 0.25) is 0 Å². The van der Waals surface area contributed by atoms with Crippen molar-refractivity contribution < 1.29 is 24.5 Å². The number of hydrogen-bond acceptors (Lipinski definition) is 5. The first-order valence-electron chi connectivity index (χ1n) is 7.76. The number of aryl methyl sites for hydroxylation is 1. The summed E-state index contributed by atoms with van der Waals surface area (Å²) in [7, 11) is 3.21. The van der Waals surface area contributed by atoms with E-state index in [2.05, 4.69) is 0 Å². The van der Waals surface area contributed by atoms with Crippen LogP contribution in [0.1, 0.15) is 15.9 Å². The van der Waals surface area contributed by atoms with Gasteiger partial charge in [-0.05, 0) is 12.1 Å². The van der Waals surface area contributed by atoms with Crippen molar-refractivity contribution in [2.75, 3.05) is 7.11 Å². The third-order valence-electron chi connectivity index (χ3n) is 4.07. The van der Waals surface area contributed by atoms with Crippen LogP contribution in [-0.2, 0) is 13.7 Å². The number of carbonyl (C=O) groups is 1. The molecular weight excluding hydrogens is 338 g/mol. The van der Waals surface area contributed by atoms with Crippen LogP contribution in [0.5, 0.6) is 17.2 Å². The Morgan fingerprint density at radius 2 is 1.96 bits per heavy atom. The fourth-order valence-corrected chi connectivity index (χ4v) is 2.70. The van der Waals surface area contributed by atoms with E-state index in [0.29, 0.717) is 22.6 Å². The summed E-state index contributed by atoms with van der Waals surface area (Å²) in [5, 5.41) is 19.4. The molecular formula is C19H17NO6. The average Bonchev–Trinajstić information content (AvgIpc) is 2.62. The van der Waals surface area contributed by atoms with E-state index in [9.17, 15) is 14.7 Å². The second-order valence-electron chi connectivity index (χ2n) is 5.75. The van der Waals surface area contributed by atoms with Crippen molar-refractivity contribution in [3.63, 3.8) is 0 Å². The molecule has 1 heterocycles. The number of rotatable bonds is 5. The third kappa shape index (κ3) is 3.19. The van der Waals surface area contributed by atoms with Gasteiger partial charge in [-0.2, -0.15) is 0 Å². The second kappa shape index (κ2) is 6.79. The monoisotopic (exact) mass is 355 g/mol. The Labute approximate surface area is 148 Å². The van der Waals surface area contributed by atoms with Crippen molar-refractivity contribution in [1.82, 2.24) is 4.57 Å². The van der Waals surface area contributed by atoms with Gasteiger partial charge >= 0.3 is 5.97 Å². The zero-order valence-corrected chi connectivity index (χ0v) is 14.2. The Balaban J connectivity index is 1.92. The van der Waals surface area contributed by atoms with Crippen LogP contribution in [0.25, 0.3) is 10.9 Å². The van der Waals surface area contributed by atoms with Crippen molar-refractivity contribution in [3.05, 3.63) is 63.9 Å². The molecule has 26 heavy (non-hydrogen) atoms. The van der Waals surface area contributed by atoms with Gasteiger partial charge < -0.3 is 24.3 Å². The number of hydrogen-bond donors (Lipinski definition) is 2. The highest BCUT2D eigenvalue weighted by Gasteiger charge is 2.12. The second-order valence-corrected chi connectivity index (χ2v) is 5.75. The number of fused-ring (bicyclic) bond motifs is 1. The molecule has 0 unspecified atom stereocenters. The molecule has 0 spiro atoms. The molecule has 134 valence electrons. The SMILES string of the molecule is COc1cc(C(=O)O)ccc1COc1cc(O)c2c(=O)ccn(C)c2c1. The summed E-state index contributed by atoms with van der Waals surface area (Å²) in [5.74, 6) is -0.439. The standard InChI is InChI=1S/C19H17NO6/c1-20-6-5-15(21)18-14(20)8-13(9-16(18)22)26-10-12-4-3-11(19(23)24)7-17(12)25-2/h3-9,22H,10H2,1-2H3,(H,23,24). The van der Waals surface area contributed by atoms with Crippen LogP contribution in [0.15, 0.2) is 47.4 Å². The predicted octanol–water partition coefficient (Wildman–Crippen LogP) is 2.53. The number of ether oxygens (including phenoxy) is 2. The van der Waals surface area contributed by atoms with Gasteiger partial charge in [0.2, 0.25) is 0 Å². The molecule has 0 bridgehead atoms. The number of carboxylic acids is 1. The third-order valence-corrected chi connectivity index (χ3v) is 4.07. The molecule has 0 radical (unpaired) electrons. The highest BCUT2D eigenvalue weighted by Crippen LogP contribution is 2.29. The van der Waals surface area contributed by atoms with E-state index in [1.165, 1.54) is 31.4 Å². The van der Waals surface area contributed by atoms with E-state index in [1.54, 1.807) is 29.9 Å². The molecule has 2 N–H and O–H groups in total. The Morgan fingerprint density at radius 1 is 1.19 bits per heavy atom. The van der Waals surface area contributed by atoms with Crippen molar-refractivity contribution in [2.45, 2.75) is 6.61 Å². The number of phenolic OH excluding ortho intramolecular Hbond substituents is 1. The Morgan fingerprint density at radius 3 is 2.65 bits per heavy atom. The molecule has 0 atom stereocenters. The number of nitrogens with zero attached hydrogens (tertiary/aromatic N) is 1. The van der Waals surface area contributed by atoms with Crippen LogP contribution < -0.4 is 14.9 Å². The molecule has 0 amide bonds. The number of carboxylic acid groups (broad SMARTS) is 1. The molecule has 7 nitrogen and oxygen atoms in total. The first-order valence-corrected chi connectivity index (χ1v) is 7.76. The van der Waals surface area contributed by atoms with Gasteiger partial charge in [-0.15, -0.1) is 0 Å². The molecule has 0 fully saturated rings. The molecule has 0 aliphatic rings. The van der Waals surface area contributed by atoms with Crippen molar-refractivity contribution in [2.24, 2.45) is 7.05 Å². The van der Waals surface area contributed by atoms with Gasteiger partial charge in [0.05, 0.1) is 23.6 Å². The fourth-order valence-electron chi connectivity index (χ4n) is 2.70. The van der Waals surface area contributed by atoms with E-state index in [4.69, 9.17) is 14.6 Å². The Bertz CT molecular complexity index is 1050. The smallest absolute Gasteiger partial charge is 0.335 e. The zero-order valence-electron chi connectivity index (χ0n) is 14.2. The molecule has 1 aromatic heterocycles. The highest BCUT2D eigenvalue weighted by atomic mass is 16.5. The summed E-state index contributed by atoms with van der Waals surface area (Å²) in [5.41, 5.74) is 1.04. The summed E-state index contributed by atoms with van der Waals surface area (Å²) in [6, 6.07) is 8.92. The van der Waals surface area contributed by atoms with Crippen LogP contribution in [0, 0.1) is 0 Å². The lowest BCUT2D eigenvalue weighted by Crippen LogP contribution is -2.06. The van der Waals surface area contributed by atoms with E-state index < -0.39 is 5.97 Å². The quantitative estimate of drug-likeness (QED) is 0.730.